The van der Waals surface area contributed by atoms with Gasteiger partial charge in [0.25, 0.3) is 5.91 Å². The predicted octanol–water partition coefficient (Wildman–Crippen LogP) is 2.88. The van der Waals surface area contributed by atoms with Crippen molar-refractivity contribution in [3.8, 4) is 0 Å². The SMILES string of the molecule is Cc1nn(C)cc1C(=O)Nc1n[nH]c2c(C(F)(F)F)cccc12. The van der Waals surface area contributed by atoms with Gasteiger partial charge in [0.05, 0.1) is 22.3 Å². The van der Waals surface area contributed by atoms with Crippen molar-refractivity contribution in [2.24, 2.45) is 7.05 Å². The Labute approximate surface area is 128 Å². The molecular weight excluding hydrogens is 311 g/mol. The van der Waals surface area contributed by atoms with Gasteiger partial charge in [0, 0.05) is 18.6 Å². The van der Waals surface area contributed by atoms with Crippen LogP contribution in [0.15, 0.2) is 24.4 Å². The summed E-state index contributed by atoms with van der Waals surface area (Å²) >= 11 is 0. The molecule has 2 heterocycles. The fraction of sp³-hybridized carbons (Fsp3) is 0.214. The number of nitrogens with zero attached hydrogens (tertiary/aromatic N) is 3. The van der Waals surface area contributed by atoms with E-state index < -0.39 is 17.6 Å². The summed E-state index contributed by atoms with van der Waals surface area (Å²) in [6.07, 6.45) is -2.98. The van der Waals surface area contributed by atoms with Crippen molar-refractivity contribution in [3.05, 3.63) is 41.2 Å². The highest BCUT2D eigenvalue weighted by Gasteiger charge is 2.33. The van der Waals surface area contributed by atoms with Crippen LogP contribution in [0.1, 0.15) is 21.6 Å². The standard InChI is InChI=1S/C14H12F3N5O/c1-7-9(6-22(2)21-7)13(23)18-12-8-4-3-5-10(14(15,16)17)11(8)19-20-12/h3-6H,1-2H3,(H2,18,19,20,23). The van der Waals surface area contributed by atoms with Crippen molar-refractivity contribution in [1.82, 2.24) is 20.0 Å². The number of aromatic nitrogens is 4. The largest absolute Gasteiger partial charge is 0.418 e. The number of carbonyl (C=O) groups excluding carboxylic acids is 1. The van der Waals surface area contributed by atoms with Crippen LogP contribution in [-0.2, 0) is 13.2 Å². The molecule has 6 nitrogen and oxygen atoms in total. The molecule has 0 fully saturated rings. The van der Waals surface area contributed by atoms with Crippen LogP contribution in [0.25, 0.3) is 10.9 Å². The number of alkyl halides is 3. The molecule has 1 aromatic carbocycles. The van der Waals surface area contributed by atoms with Crippen molar-refractivity contribution >= 4 is 22.6 Å². The zero-order chi connectivity index (χ0) is 16.8. The highest BCUT2D eigenvalue weighted by atomic mass is 19.4. The number of hydrogen-bond donors (Lipinski definition) is 2. The molecule has 0 aliphatic heterocycles. The van der Waals surface area contributed by atoms with Crippen molar-refractivity contribution in [1.29, 1.82) is 0 Å². The average molecular weight is 323 g/mol. The molecule has 0 spiro atoms. The molecule has 0 atom stereocenters. The van der Waals surface area contributed by atoms with Gasteiger partial charge in [-0.1, -0.05) is 6.07 Å². The summed E-state index contributed by atoms with van der Waals surface area (Å²) in [6.45, 7) is 1.67. The third kappa shape index (κ3) is 2.65. The lowest BCUT2D eigenvalue weighted by Gasteiger charge is -2.07. The van der Waals surface area contributed by atoms with E-state index in [4.69, 9.17) is 0 Å². The third-order valence-electron chi connectivity index (χ3n) is 3.39. The van der Waals surface area contributed by atoms with Gasteiger partial charge in [0.15, 0.2) is 5.82 Å². The maximum Gasteiger partial charge on any atom is 0.418 e. The smallest absolute Gasteiger partial charge is 0.304 e. The summed E-state index contributed by atoms with van der Waals surface area (Å²) in [4.78, 5) is 12.2. The van der Waals surface area contributed by atoms with E-state index in [-0.39, 0.29) is 16.7 Å². The number of amides is 1. The molecular formula is C14H12F3N5O. The zero-order valence-electron chi connectivity index (χ0n) is 12.2. The molecule has 0 aliphatic carbocycles. The van der Waals surface area contributed by atoms with Crippen LogP contribution >= 0.6 is 0 Å². The van der Waals surface area contributed by atoms with Gasteiger partial charge in [0.1, 0.15) is 0 Å². The Morgan fingerprint density at radius 1 is 1.35 bits per heavy atom. The summed E-state index contributed by atoms with van der Waals surface area (Å²) in [6, 6.07) is 3.68. The van der Waals surface area contributed by atoms with Gasteiger partial charge in [-0.15, -0.1) is 0 Å². The van der Waals surface area contributed by atoms with Gasteiger partial charge in [-0.2, -0.15) is 23.4 Å². The Hall–Kier alpha value is -2.84. The first-order valence-electron chi connectivity index (χ1n) is 6.63. The highest BCUT2D eigenvalue weighted by molar-refractivity contribution is 6.08. The molecule has 3 aromatic rings. The molecule has 0 unspecified atom stereocenters. The zero-order valence-corrected chi connectivity index (χ0v) is 12.2. The number of para-hydroxylation sites is 1. The van der Waals surface area contributed by atoms with Gasteiger partial charge in [-0.25, -0.2) is 0 Å². The molecule has 0 saturated heterocycles. The van der Waals surface area contributed by atoms with Crippen molar-refractivity contribution in [2.75, 3.05) is 5.32 Å². The van der Waals surface area contributed by atoms with Crippen LogP contribution in [-0.4, -0.2) is 25.9 Å². The van der Waals surface area contributed by atoms with E-state index in [9.17, 15) is 18.0 Å². The number of rotatable bonds is 2. The number of H-pyrrole nitrogens is 1. The highest BCUT2D eigenvalue weighted by Crippen LogP contribution is 2.35. The Morgan fingerprint density at radius 3 is 2.70 bits per heavy atom. The van der Waals surface area contributed by atoms with E-state index in [0.717, 1.165) is 6.07 Å². The fourth-order valence-corrected chi connectivity index (χ4v) is 2.37. The Kier molecular flexibility index (Phi) is 3.35. The first kappa shape index (κ1) is 15.1. The minimum absolute atomic E-state index is 0.0411. The van der Waals surface area contributed by atoms with E-state index >= 15 is 0 Å². The number of nitrogens with one attached hydrogen (secondary N) is 2. The number of benzene rings is 1. The van der Waals surface area contributed by atoms with Gasteiger partial charge in [-0.05, 0) is 19.1 Å². The summed E-state index contributed by atoms with van der Waals surface area (Å²) in [5.41, 5.74) is -0.157. The molecule has 120 valence electrons. The van der Waals surface area contributed by atoms with Gasteiger partial charge < -0.3 is 5.32 Å². The summed E-state index contributed by atoms with van der Waals surface area (Å²) in [5, 5.41) is 12.9. The molecule has 2 N–H and O–H groups in total. The fourth-order valence-electron chi connectivity index (χ4n) is 2.37. The molecule has 1 amide bonds. The average Bonchev–Trinajstić information content (AvgIpc) is 3.01. The maximum atomic E-state index is 13.0. The number of anilines is 1. The molecule has 2 aromatic heterocycles. The minimum atomic E-state index is -4.51. The van der Waals surface area contributed by atoms with E-state index in [1.165, 1.54) is 23.0 Å². The second kappa shape index (κ2) is 5.11. The van der Waals surface area contributed by atoms with Crippen LogP contribution in [0, 0.1) is 6.92 Å². The Bertz CT molecular complexity index is 894. The summed E-state index contributed by atoms with van der Waals surface area (Å²) < 4.78 is 40.4. The van der Waals surface area contributed by atoms with Crippen molar-refractivity contribution in [3.63, 3.8) is 0 Å². The quantitative estimate of drug-likeness (QED) is 0.761. The van der Waals surface area contributed by atoms with Gasteiger partial charge in [-0.3, -0.25) is 14.6 Å². The Morgan fingerprint density at radius 2 is 2.09 bits per heavy atom. The maximum absolute atomic E-state index is 13.0. The van der Waals surface area contributed by atoms with E-state index in [0.29, 0.717) is 11.3 Å². The summed E-state index contributed by atoms with van der Waals surface area (Å²) in [7, 11) is 1.67. The Balaban J connectivity index is 1.99. The van der Waals surface area contributed by atoms with Crippen LogP contribution < -0.4 is 5.32 Å². The first-order chi connectivity index (χ1) is 10.8. The molecule has 9 heteroatoms. The minimum Gasteiger partial charge on any atom is -0.304 e. The lowest BCUT2D eigenvalue weighted by Crippen LogP contribution is -2.13. The second-order valence-corrected chi connectivity index (χ2v) is 5.05. The monoisotopic (exact) mass is 323 g/mol. The van der Waals surface area contributed by atoms with Crippen molar-refractivity contribution < 1.29 is 18.0 Å². The lowest BCUT2D eigenvalue weighted by atomic mass is 10.1. The molecule has 0 saturated carbocycles. The number of aromatic amines is 1. The molecule has 0 aliphatic rings. The first-order valence-corrected chi connectivity index (χ1v) is 6.63. The molecule has 3 rings (SSSR count). The number of aryl methyl sites for hydroxylation is 2. The third-order valence-corrected chi connectivity index (χ3v) is 3.39. The topological polar surface area (TPSA) is 75.6 Å². The van der Waals surface area contributed by atoms with Crippen LogP contribution in [0.2, 0.25) is 0 Å². The number of halogens is 3. The normalized spacial score (nSPS) is 11.9. The second-order valence-electron chi connectivity index (χ2n) is 5.05. The molecule has 0 bridgehead atoms. The van der Waals surface area contributed by atoms with Crippen LogP contribution in [0.4, 0.5) is 19.0 Å². The van der Waals surface area contributed by atoms with E-state index in [1.54, 1.807) is 14.0 Å². The van der Waals surface area contributed by atoms with E-state index in [1.807, 2.05) is 0 Å². The van der Waals surface area contributed by atoms with E-state index in [2.05, 4.69) is 20.6 Å². The predicted molar refractivity (Wildman–Crippen MR) is 77.0 cm³/mol. The summed E-state index contributed by atoms with van der Waals surface area (Å²) in [5.74, 6) is -0.444. The van der Waals surface area contributed by atoms with Crippen molar-refractivity contribution in [2.45, 2.75) is 13.1 Å². The number of carbonyl (C=O) groups is 1. The van der Waals surface area contributed by atoms with Gasteiger partial charge in [0.2, 0.25) is 0 Å². The van der Waals surface area contributed by atoms with Crippen LogP contribution in [0.5, 0.6) is 0 Å². The number of hydrogen-bond acceptors (Lipinski definition) is 3. The molecule has 0 radical (unpaired) electrons. The van der Waals surface area contributed by atoms with Crippen LogP contribution in [0.3, 0.4) is 0 Å². The molecule has 23 heavy (non-hydrogen) atoms. The number of fused-ring (bicyclic) bond motifs is 1. The lowest BCUT2D eigenvalue weighted by molar-refractivity contribution is -0.136. The van der Waals surface area contributed by atoms with Gasteiger partial charge >= 0.3 is 6.18 Å².